The molecule has 82 valence electrons. The van der Waals surface area contributed by atoms with E-state index in [2.05, 4.69) is 5.32 Å². The smallest absolute Gasteiger partial charge is 0.164 e. The van der Waals surface area contributed by atoms with E-state index in [-0.39, 0.29) is 17.6 Å². The number of nitrogens with one attached hydrogen (secondary N) is 1. The van der Waals surface area contributed by atoms with Crippen LogP contribution in [0.25, 0.3) is 0 Å². The Bertz CT molecular complexity index is 338. The van der Waals surface area contributed by atoms with E-state index in [4.69, 9.17) is 0 Å². The van der Waals surface area contributed by atoms with Crippen LogP contribution in [-0.4, -0.2) is 18.4 Å². The largest absolute Gasteiger partial charge is 0.314 e. The van der Waals surface area contributed by atoms with Crippen LogP contribution in [0.15, 0.2) is 24.3 Å². The number of benzene rings is 1. The van der Waals surface area contributed by atoms with Crippen LogP contribution in [0.4, 0.5) is 4.39 Å². The highest BCUT2D eigenvalue weighted by Crippen LogP contribution is 2.07. The summed E-state index contributed by atoms with van der Waals surface area (Å²) in [5.41, 5.74) is 0.444. The predicted molar refractivity (Wildman–Crippen MR) is 58.5 cm³/mol. The van der Waals surface area contributed by atoms with Crippen molar-refractivity contribution >= 4 is 5.78 Å². The van der Waals surface area contributed by atoms with Gasteiger partial charge in [0, 0.05) is 18.0 Å². The lowest BCUT2D eigenvalue weighted by Crippen LogP contribution is -2.28. The van der Waals surface area contributed by atoms with Gasteiger partial charge in [0.1, 0.15) is 5.82 Å². The zero-order valence-electron chi connectivity index (χ0n) is 9.09. The van der Waals surface area contributed by atoms with Crippen LogP contribution in [-0.2, 0) is 0 Å². The van der Waals surface area contributed by atoms with Crippen LogP contribution >= 0.6 is 0 Å². The van der Waals surface area contributed by atoms with Crippen molar-refractivity contribution in [1.82, 2.24) is 5.32 Å². The van der Waals surface area contributed by atoms with E-state index in [9.17, 15) is 9.18 Å². The maximum atomic E-state index is 12.8. The Hall–Kier alpha value is -1.22. The minimum Gasteiger partial charge on any atom is -0.314 e. The minimum absolute atomic E-state index is 0.0250. The second-order valence-electron chi connectivity index (χ2n) is 3.60. The van der Waals surface area contributed by atoms with Crippen molar-refractivity contribution < 1.29 is 9.18 Å². The first-order chi connectivity index (χ1) is 7.13. The molecule has 0 aliphatic carbocycles. The summed E-state index contributed by atoms with van der Waals surface area (Å²) in [4.78, 5) is 11.7. The molecule has 0 spiro atoms. The Morgan fingerprint density at radius 2 is 2.27 bits per heavy atom. The molecule has 1 aromatic carbocycles. The fraction of sp³-hybridized carbons (Fsp3) is 0.417. The molecule has 0 aliphatic heterocycles. The lowest BCUT2D eigenvalue weighted by atomic mass is 10.0. The third kappa shape index (κ3) is 3.80. The standard InChI is InChI=1S/C12H16FNO/c1-3-14-9(2)7-12(15)10-5-4-6-11(13)8-10/h4-6,8-9,14H,3,7H2,1-2H3. The molecule has 0 saturated heterocycles. The van der Waals surface area contributed by atoms with Crippen molar-refractivity contribution in [3.8, 4) is 0 Å². The SMILES string of the molecule is CCNC(C)CC(=O)c1cccc(F)c1. The van der Waals surface area contributed by atoms with Gasteiger partial charge < -0.3 is 5.32 Å². The van der Waals surface area contributed by atoms with Crippen LogP contribution < -0.4 is 5.32 Å². The van der Waals surface area contributed by atoms with Crippen molar-refractivity contribution in [1.29, 1.82) is 0 Å². The molecule has 0 heterocycles. The number of Topliss-reactive ketones (excluding diaryl/α,β-unsaturated/α-hetero) is 1. The van der Waals surface area contributed by atoms with E-state index in [0.717, 1.165) is 6.54 Å². The average Bonchev–Trinajstić information content (AvgIpc) is 2.18. The van der Waals surface area contributed by atoms with E-state index in [1.807, 2.05) is 13.8 Å². The van der Waals surface area contributed by atoms with Crippen LogP contribution in [0.3, 0.4) is 0 Å². The molecule has 0 aromatic heterocycles. The van der Waals surface area contributed by atoms with Crippen molar-refractivity contribution in [3.63, 3.8) is 0 Å². The average molecular weight is 209 g/mol. The molecule has 1 N–H and O–H groups in total. The number of rotatable bonds is 5. The number of ketones is 1. The van der Waals surface area contributed by atoms with Crippen molar-refractivity contribution in [2.24, 2.45) is 0 Å². The Morgan fingerprint density at radius 3 is 2.87 bits per heavy atom. The molecular weight excluding hydrogens is 193 g/mol. The third-order valence-electron chi connectivity index (χ3n) is 2.19. The molecule has 0 bridgehead atoms. The van der Waals surface area contributed by atoms with Gasteiger partial charge in [-0.05, 0) is 25.6 Å². The van der Waals surface area contributed by atoms with Crippen molar-refractivity contribution in [3.05, 3.63) is 35.6 Å². The first-order valence-electron chi connectivity index (χ1n) is 5.15. The molecule has 1 rings (SSSR count). The lowest BCUT2D eigenvalue weighted by molar-refractivity contribution is 0.0971. The van der Waals surface area contributed by atoms with Gasteiger partial charge in [0.25, 0.3) is 0 Å². The Kier molecular flexibility index (Phi) is 4.43. The number of carbonyl (C=O) groups excluding carboxylic acids is 1. The molecule has 1 aromatic rings. The molecule has 0 fully saturated rings. The maximum absolute atomic E-state index is 12.8. The second kappa shape index (κ2) is 5.61. The van der Waals surface area contributed by atoms with Gasteiger partial charge in [-0.1, -0.05) is 19.1 Å². The highest BCUT2D eigenvalue weighted by Gasteiger charge is 2.10. The fourth-order valence-corrected chi connectivity index (χ4v) is 1.48. The van der Waals surface area contributed by atoms with Crippen molar-refractivity contribution in [2.75, 3.05) is 6.54 Å². The summed E-state index contributed by atoms with van der Waals surface area (Å²) in [7, 11) is 0. The number of hydrogen-bond acceptors (Lipinski definition) is 2. The highest BCUT2D eigenvalue weighted by atomic mass is 19.1. The first kappa shape index (κ1) is 11.9. The molecule has 1 unspecified atom stereocenters. The molecule has 0 radical (unpaired) electrons. The predicted octanol–water partition coefficient (Wildman–Crippen LogP) is 2.40. The minimum atomic E-state index is -0.364. The van der Waals surface area contributed by atoms with E-state index < -0.39 is 0 Å². The van der Waals surface area contributed by atoms with Gasteiger partial charge in [-0.25, -0.2) is 4.39 Å². The second-order valence-corrected chi connectivity index (χ2v) is 3.60. The summed E-state index contributed by atoms with van der Waals surface area (Å²) < 4.78 is 12.8. The zero-order valence-corrected chi connectivity index (χ0v) is 9.09. The molecular formula is C12H16FNO. The third-order valence-corrected chi connectivity index (χ3v) is 2.19. The van der Waals surface area contributed by atoms with Gasteiger partial charge in [0.2, 0.25) is 0 Å². The van der Waals surface area contributed by atoms with E-state index in [1.54, 1.807) is 12.1 Å². The topological polar surface area (TPSA) is 29.1 Å². The van der Waals surface area contributed by atoms with E-state index in [0.29, 0.717) is 12.0 Å². The Morgan fingerprint density at radius 1 is 1.53 bits per heavy atom. The summed E-state index contributed by atoms with van der Waals surface area (Å²) in [6, 6.07) is 5.95. The van der Waals surface area contributed by atoms with Crippen LogP contribution in [0, 0.1) is 5.82 Å². The summed E-state index contributed by atoms with van der Waals surface area (Å²) in [5, 5.41) is 3.15. The summed E-state index contributed by atoms with van der Waals surface area (Å²) in [5.74, 6) is -0.389. The number of halogens is 1. The maximum Gasteiger partial charge on any atom is 0.164 e. The fourth-order valence-electron chi connectivity index (χ4n) is 1.48. The van der Waals surface area contributed by atoms with Gasteiger partial charge >= 0.3 is 0 Å². The summed E-state index contributed by atoms with van der Waals surface area (Å²) in [6.45, 7) is 4.77. The van der Waals surface area contributed by atoms with E-state index in [1.165, 1.54) is 12.1 Å². The van der Waals surface area contributed by atoms with Gasteiger partial charge in [-0.2, -0.15) is 0 Å². The molecule has 3 heteroatoms. The normalized spacial score (nSPS) is 12.5. The van der Waals surface area contributed by atoms with E-state index >= 15 is 0 Å². The molecule has 2 nitrogen and oxygen atoms in total. The van der Waals surface area contributed by atoms with Crippen LogP contribution in [0.5, 0.6) is 0 Å². The summed E-state index contributed by atoms with van der Waals surface area (Å²) >= 11 is 0. The molecule has 0 aliphatic rings. The zero-order chi connectivity index (χ0) is 11.3. The number of carbonyl (C=O) groups is 1. The van der Waals surface area contributed by atoms with Crippen LogP contribution in [0.2, 0.25) is 0 Å². The molecule has 0 amide bonds. The lowest BCUT2D eigenvalue weighted by Gasteiger charge is -2.10. The van der Waals surface area contributed by atoms with Crippen LogP contribution in [0.1, 0.15) is 30.6 Å². The van der Waals surface area contributed by atoms with Crippen molar-refractivity contribution in [2.45, 2.75) is 26.3 Å². The summed E-state index contributed by atoms with van der Waals surface area (Å²) in [6.07, 6.45) is 0.400. The monoisotopic (exact) mass is 209 g/mol. The Balaban J connectivity index is 2.61. The molecule has 0 saturated carbocycles. The van der Waals surface area contributed by atoms with Gasteiger partial charge in [-0.15, -0.1) is 0 Å². The number of hydrogen-bond donors (Lipinski definition) is 1. The quantitative estimate of drug-likeness (QED) is 0.754. The van der Waals surface area contributed by atoms with Gasteiger partial charge in [0.05, 0.1) is 0 Å². The highest BCUT2D eigenvalue weighted by molar-refractivity contribution is 5.96. The van der Waals surface area contributed by atoms with Gasteiger partial charge in [0.15, 0.2) is 5.78 Å². The molecule has 1 atom stereocenters. The first-order valence-corrected chi connectivity index (χ1v) is 5.15. The van der Waals surface area contributed by atoms with Gasteiger partial charge in [-0.3, -0.25) is 4.79 Å². The Labute approximate surface area is 89.5 Å². The molecule has 15 heavy (non-hydrogen) atoms.